The van der Waals surface area contributed by atoms with Crippen LogP contribution in [-0.2, 0) is 17.7 Å². The van der Waals surface area contributed by atoms with E-state index in [2.05, 4.69) is 20.5 Å². The second-order valence-corrected chi connectivity index (χ2v) is 6.89. The summed E-state index contributed by atoms with van der Waals surface area (Å²) in [6, 6.07) is 7.17. The predicted molar refractivity (Wildman–Crippen MR) is 123 cm³/mol. The molecule has 1 aromatic carbocycles. The number of rotatable bonds is 9. The van der Waals surface area contributed by atoms with E-state index in [1.807, 2.05) is 12.1 Å². The second-order valence-electron chi connectivity index (χ2n) is 6.89. The summed E-state index contributed by atoms with van der Waals surface area (Å²) in [4.78, 5) is 6.79. The molecule has 0 amide bonds. The molecule has 0 saturated carbocycles. The number of ether oxygens (including phenoxy) is 1. The monoisotopic (exact) mass is 534 g/mol. The lowest BCUT2D eigenvalue weighted by Gasteiger charge is -2.26. The van der Waals surface area contributed by atoms with E-state index in [4.69, 9.17) is 9.15 Å². The maximum Gasteiger partial charge on any atom is 0.191 e. The van der Waals surface area contributed by atoms with Crippen LogP contribution in [0.5, 0.6) is 0 Å². The summed E-state index contributed by atoms with van der Waals surface area (Å²) >= 11 is 0. The highest BCUT2D eigenvalue weighted by molar-refractivity contribution is 14.0. The number of aliphatic imine (C=N–C) groups is 1. The van der Waals surface area contributed by atoms with E-state index in [0.717, 1.165) is 63.7 Å². The molecule has 0 bridgehead atoms. The fourth-order valence-corrected chi connectivity index (χ4v) is 3.10. The number of nitrogens with one attached hydrogen (secondary N) is 2. The van der Waals surface area contributed by atoms with Crippen LogP contribution in [0.25, 0.3) is 0 Å². The zero-order valence-corrected chi connectivity index (χ0v) is 19.2. The molecule has 2 heterocycles. The number of halogens is 3. The normalized spacial score (nSPS) is 14.9. The van der Waals surface area contributed by atoms with Crippen molar-refractivity contribution >= 4 is 29.9 Å². The molecule has 1 aliphatic rings. The zero-order valence-electron chi connectivity index (χ0n) is 16.9. The Morgan fingerprint density at radius 1 is 1.10 bits per heavy atom. The van der Waals surface area contributed by atoms with Crippen molar-refractivity contribution in [1.82, 2.24) is 15.5 Å². The number of hydrogen-bond acceptors (Lipinski definition) is 4. The summed E-state index contributed by atoms with van der Waals surface area (Å²) in [6.07, 6.45) is 3.30. The van der Waals surface area contributed by atoms with Gasteiger partial charge in [-0.15, -0.1) is 24.0 Å². The SMILES string of the molecule is Fc1ccc(F)c(CN=C(NCCCN2CCOCC2)NCCc2ccco2)c1.I. The van der Waals surface area contributed by atoms with Crippen molar-refractivity contribution in [3.8, 4) is 0 Å². The van der Waals surface area contributed by atoms with Gasteiger partial charge in [0.1, 0.15) is 17.4 Å². The number of hydrogen-bond donors (Lipinski definition) is 2. The van der Waals surface area contributed by atoms with Crippen LogP contribution in [0.4, 0.5) is 8.78 Å². The quantitative estimate of drug-likeness (QED) is 0.224. The van der Waals surface area contributed by atoms with Crippen molar-refractivity contribution in [2.24, 2.45) is 4.99 Å². The molecule has 166 valence electrons. The summed E-state index contributed by atoms with van der Waals surface area (Å²) < 4.78 is 37.9. The third-order valence-electron chi connectivity index (χ3n) is 4.71. The molecule has 3 rings (SSSR count). The third kappa shape index (κ3) is 8.57. The molecule has 0 atom stereocenters. The molecule has 9 heteroatoms. The van der Waals surface area contributed by atoms with E-state index in [9.17, 15) is 8.78 Å². The summed E-state index contributed by atoms with van der Waals surface area (Å²) in [6.45, 7) is 5.88. The Labute approximate surface area is 193 Å². The molecular formula is C21H29F2IN4O2. The molecule has 1 saturated heterocycles. The van der Waals surface area contributed by atoms with Gasteiger partial charge >= 0.3 is 0 Å². The zero-order chi connectivity index (χ0) is 20.3. The van der Waals surface area contributed by atoms with E-state index < -0.39 is 11.6 Å². The lowest BCUT2D eigenvalue weighted by Crippen LogP contribution is -2.41. The van der Waals surface area contributed by atoms with Crippen molar-refractivity contribution in [2.45, 2.75) is 19.4 Å². The molecule has 2 N–H and O–H groups in total. The van der Waals surface area contributed by atoms with Crippen LogP contribution in [0.1, 0.15) is 17.7 Å². The largest absolute Gasteiger partial charge is 0.469 e. The van der Waals surface area contributed by atoms with Crippen LogP contribution < -0.4 is 10.6 Å². The first-order valence-electron chi connectivity index (χ1n) is 9.99. The maximum absolute atomic E-state index is 13.9. The summed E-state index contributed by atoms with van der Waals surface area (Å²) in [5.74, 6) is 0.516. The van der Waals surface area contributed by atoms with Gasteiger partial charge in [0, 0.05) is 38.2 Å². The fraction of sp³-hybridized carbons (Fsp3) is 0.476. The maximum atomic E-state index is 13.9. The first-order chi connectivity index (χ1) is 14.2. The first kappa shape index (κ1) is 24.5. The minimum Gasteiger partial charge on any atom is -0.469 e. The van der Waals surface area contributed by atoms with Crippen LogP contribution in [0.2, 0.25) is 0 Å². The predicted octanol–water partition coefficient (Wildman–Crippen LogP) is 3.18. The lowest BCUT2D eigenvalue weighted by molar-refractivity contribution is 0.0376. The number of benzene rings is 1. The molecule has 6 nitrogen and oxygen atoms in total. The van der Waals surface area contributed by atoms with Crippen LogP contribution >= 0.6 is 24.0 Å². The molecule has 0 spiro atoms. The highest BCUT2D eigenvalue weighted by Crippen LogP contribution is 2.10. The lowest BCUT2D eigenvalue weighted by atomic mass is 10.2. The Bertz CT molecular complexity index is 768. The molecule has 0 aliphatic carbocycles. The Morgan fingerprint density at radius 2 is 1.90 bits per heavy atom. The highest BCUT2D eigenvalue weighted by Gasteiger charge is 2.10. The summed E-state index contributed by atoms with van der Waals surface area (Å²) in [5, 5.41) is 6.51. The van der Waals surface area contributed by atoms with Crippen molar-refractivity contribution in [1.29, 1.82) is 0 Å². The third-order valence-corrected chi connectivity index (χ3v) is 4.71. The van der Waals surface area contributed by atoms with Gasteiger partial charge in [-0.2, -0.15) is 0 Å². The Balaban J connectivity index is 0.00000320. The topological polar surface area (TPSA) is 62.0 Å². The number of morpholine rings is 1. The smallest absolute Gasteiger partial charge is 0.191 e. The van der Waals surface area contributed by atoms with Crippen LogP contribution in [0.15, 0.2) is 46.0 Å². The van der Waals surface area contributed by atoms with Crippen molar-refractivity contribution < 1.29 is 17.9 Å². The molecular weight excluding hydrogens is 505 g/mol. The Morgan fingerprint density at radius 3 is 2.67 bits per heavy atom. The van der Waals surface area contributed by atoms with Crippen LogP contribution in [-0.4, -0.2) is 56.8 Å². The van der Waals surface area contributed by atoms with Crippen LogP contribution in [0.3, 0.4) is 0 Å². The number of guanidine groups is 1. The highest BCUT2D eigenvalue weighted by atomic mass is 127. The van der Waals surface area contributed by atoms with Crippen molar-refractivity contribution in [2.75, 3.05) is 45.9 Å². The average molecular weight is 534 g/mol. The van der Waals surface area contributed by atoms with Gasteiger partial charge in [-0.25, -0.2) is 13.8 Å². The summed E-state index contributed by atoms with van der Waals surface area (Å²) in [5.41, 5.74) is 0.227. The van der Waals surface area contributed by atoms with Crippen molar-refractivity contribution in [3.05, 3.63) is 59.6 Å². The molecule has 0 radical (unpaired) electrons. The Kier molecular flexibility index (Phi) is 11.1. The standard InChI is InChI=1S/C21H28F2N4O2.HI/c22-18-4-5-20(23)17(15-18)16-26-21(25-8-6-19-3-1-12-29-19)24-7-2-9-27-10-13-28-14-11-27;/h1,3-5,12,15H,2,6-11,13-14,16H2,(H2,24,25,26);1H. The number of nitrogens with zero attached hydrogens (tertiary/aromatic N) is 2. The Hall–Kier alpha value is -1.72. The molecule has 30 heavy (non-hydrogen) atoms. The van der Waals surface area contributed by atoms with Gasteiger partial charge in [0.15, 0.2) is 5.96 Å². The molecule has 1 fully saturated rings. The van der Waals surface area contributed by atoms with Crippen LogP contribution in [0, 0.1) is 11.6 Å². The van der Waals surface area contributed by atoms with Gasteiger partial charge in [-0.1, -0.05) is 0 Å². The van der Waals surface area contributed by atoms with Gasteiger partial charge < -0.3 is 19.8 Å². The van der Waals surface area contributed by atoms with Gasteiger partial charge in [0.25, 0.3) is 0 Å². The van der Waals surface area contributed by atoms with Gasteiger partial charge in [-0.3, -0.25) is 4.90 Å². The van der Waals surface area contributed by atoms with Gasteiger partial charge in [0.2, 0.25) is 0 Å². The van der Waals surface area contributed by atoms with E-state index in [1.54, 1.807) is 6.26 Å². The van der Waals surface area contributed by atoms with E-state index >= 15 is 0 Å². The molecule has 1 aliphatic heterocycles. The molecule has 1 aromatic heterocycles. The van der Waals surface area contributed by atoms with E-state index in [0.29, 0.717) is 18.9 Å². The first-order valence-corrected chi connectivity index (χ1v) is 9.99. The van der Waals surface area contributed by atoms with Crippen molar-refractivity contribution in [3.63, 3.8) is 0 Å². The molecule has 0 unspecified atom stereocenters. The van der Waals surface area contributed by atoms with Gasteiger partial charge in [-0.05, 0) is 43.3 Å². The van der Waals surface area contributed by atoms with E-state index in [1.165, 1.54) is 6.07 Å². The minimum atomic E-state index is -0.470. The second kappa shape index (κ2) is 13.6. The number of furan rings is 1. The summed E-state index contributed by atoms with van der Waals surface area (Å²) in [7, 11) is 0. The average Bonchev–Trinajstić information content (AvgIpc) is 3.25. The minimum absolute atomic E-state index is 0. The fourth-order valence-electron chi connectivity index (χ4n) is 3.10. The van der Waals surface area contributed by atoms with Gasteiger partial charge in [0.05, 0.1) is 26.0 Å². The molecule has 2 aromatic rings. The van der Waals surface area contributed by atoms with E-state index in [-0.39, 0.29) is 36.1 Å².